The van der Waals surface area contributed by atoms with E-state index in [0.29, 0.717) is 0 Å². The molecule has 4 aliphatic rings. The number of para-hydroxylation sites is 2. The Hall–Kier alpha value is -8.61. The summed E-state index contributed by atoms with van der Waals surface area (Å²) in [4.78, 5) is 11.5. The van der Waals surface area contributed by atoms with Crippen LogP contribution in [0.3, 0.4) is 0 Å². The van der Waals surface area contributed by atoms with Crippen molar-refractivity contribution >= 4 is 76.2 Å². The summed E-state index contributed by atoms with van der Waals surface area (Å²) in [5.74, 6) is 0.192. The lowest BCUT2D eigenvalue weighted by molar-refractivity contribution is 0.536. The van der Waals surface area contributed by atoms with Crippen LogP contribution in [0.4, 0.5) is 0 Å². The summed E-state index contributed by atoms with van der Waals surface area (Å²) < 4.78 is 4.98. The molecule has 0 fully saturated rings. The van der Waals surface area contributed by atoms with Gasteiger partial charge < -0.3 is 4.57 Å². The van der Waals surface area contributed by atoms with Crippen LogP contribution in [0.2, 0.25) is 0 Å². The topological polar surface area (TPSA) is 30.7 Å². The normalized spacial score (nSPS) is 19.7. The molecule has 0 amide bonds. The van der Waals surface area contributed by atoms with Crippen LogP contribution in [0.1, 0.15) is 66.6 Å². The van der Waals surface area contributed by atoms with Crippen molar-refractivity contribution in [2.45, 2.75) is 48.2 Å². The molecule has 0 saturated heterocycles. The maximum Gasteiger partial charge on any atom is 0.0708 e. The highest BCUT2D eigenvalue weighted by atomic mass is 32.2. The molecular weight excluding hydrogens is 995 g/mol. The number of thioether (sulfide) groups is 1. The third-order valence-electron chi connectivity index (χ3n) is 18.1. The minimum absolute atomic E-state index is 0.139. The van der Waals surface area contributed by atoms with Crippen LogP contribution >= 0.6 is 23.1 Å². The standard InChI is InChI=1S/C74H53N3S2/c1-72(48-38-40-73(2)62(45-48)57-26-18-34-68(71(57)79-73)77-66-32-10-6-21-52(66)53-22-7-11-33-67(53)77)39-37-47(44-63(72)65-31-13-15-42-76-65)46-35-36-49(58(43-46)64-30-12-14-41-75-64)54-23-16-24-55-56-25-17-29-61(70(56)78-69(54)55)74(3)59-27-8-4-19-50(59)51-20-5-9-28-60(51)74/h4-38,40-45,62H,39H2,1-3H3. The largest absolute Gasteiger partial charge is 0.308 e. The van der Waals surface area contributed by atoms with Crippen molar-refractivity contribution in [3.63, 3.8) is 0 Å². The molecule has 3 nitrogen and oxygen atoms in total. The van der Waals surface area contributed by atoms with E-state index in [0.717, 1.165) is 28.9 Å². The molecule has 8 aromatic carbocycles. The van der Waals surface area contributed by atoms with Crippen molar-refractivity contribution in [1.82, 2.24) is 14.5 Å². The van der Waals surface area contributed by atoms with Crippen molar-refractivity contribution in [2.24, 2.45) is 5.41 Å². The number of pyridine rings is 2. The average molecular weight is 1050 g/mol. The second-order valence-electron chi connectivity index (χ2n) is 22.4. The monoisotopic (exact) mass is 1050 g/mol. The maximum atomic E-state index is 5.09. The summed E-state index contributed by atoms with van der Waals surface area (Å²) in [5.41, 5.74) is 21.6. The highest BCUT2D eigenvalue weighted by molar-refractivity contribution is 8.01. The van der Waals surface area contributed by atoms with Gasteiger partial charge in [0.2, 0.25) is 0 Å². The summed E-state index contributed by atoms with van der Waals surface area (Å²) in [6.45, 7) is 7.29. The molecule has 16 rings (SSSR count). The van der Waals surface area contributed by atoms with Crippen LogP contribution in [0, 0.1) is 5.41 Å². The molecule has 3 atom stereocenters. The van der Waals surface area contributed by atoms with E-state index in [1.807, 2.05) is 47.6 Å². The Balaban J connectivity index is 0.801. The van der Waals surface area contributed by atoms with Gasteiger partial charge in [-0.2, -0.15) is 0 Å². The predicted molar refractivity (Wildman–Crippen MR) is 333 cm³/mol. The Kier molecular flexibility index (Phi) is 10.3. The highest BCUT2D eigenvalue weighted by Crippen LogP contribution is 2.62. The molecule has 0 N–H and O–H groups in total. The smallest absolute Gasteiger partial charge is 0.0708 e. The van der Waals surface area contributed by atoms with Crippen molar-refractivity contribution in [3.8, 4) is 39.2 Å². The van der Waals surface area contributed by atoms with Gasteiger partial charge in [-0.1, -0.05) is 189 Å². The fourth-order valence-corrected chi connectivity index (χ4v) is 17.0. The summed E-state index contributed by atoms with van der Waals surface area (Å²) in [5, 5.41) is 5.15. The minimum atomic E-state index is -0.341. The third-order valence-corrected chi connectivity index (χ3v) is 20.9. The number of benzene rings is 8. The van der Waals surface area contributed by atoms with E-state index in [-0.39, 0.29) is 21.5 Å². The average Bonchev–Trinajstić information content (AvgIpc) is 4.26. The fraction of sp³-hybridized carbons (Fsp3) is 0.108. The minimum Gasteiger partial charge on any atom is -0.308 e. The van der Waals surface area contributed by atoms with Crippen molar-refractivity contribution < 1.29 is 0 Å². The quantitative estimate of drug-likeness (QED) is 0.159. The Morgan fingerprint density at radius 2 is 1.13 bits per heavy atom. The van der Waals surface area contributed by atoms with E-state index < -0.39 is 0 Å². The summed E-state index contributed by atoms with van der Waals surface area (Å²) in [6.07, 6.45) is 17.1. The van der Waals surface area contributed by atoms with Crippen molar-refractivity contribution in [1.29, 1.82) is 0 Å². The fourth-order valence-electron chi connectivity index (χ4n) is 14.1. The van der Waals surface area contributed by atoms with Crippen LogP contribution in [0.15, 0.2) is 259 Å². The van der Waals surface area contributed by atoms with Crippen LogP contribution in [0.25, 0.3) is 92.3 Å². The number of aromatic nitrogens is 3. The van der Waals surface area contributed by atoms with Gasteiger partial charge >= 0.3 is 0 Å². The summed E-state index contributed by atoms with van der Waals surface area (Å²) >= 11 is 3.95. The molecule has 0 radical (unpaired) electrons. The van der Waals surface area contributed by atoms with Gasteiger partial charge in [0.05, 0.1) is 28.1 Å². The molecule has 1 aliphatic heterocycles. The number of rotatable bonds is 7. The molecule has 376 valence electrons. The highest BCUT2D eigenvalue weighted by Gasteiger charge is 2.47. The van der Waals surface area contributed by atoms with Crippen LogP contribution < -0.4 is 0 Å². The van der Waals surface area contributed by atoms with Gasteiger partial charge in [0, 0.05) is 80.9 Å². The van der Waals surface area contributed by atoms with E-state index in [9.17, 15) is 0 Å². The number of allylic oxidation sites excluding steroid dienone is 7. The zero-order valence-corrected chi connectivity index (χ0v) is 45.7. The lowest BCUT2D eigenvalue weighted by Crippen LogP contribution is -2.29. The molecule has 3 aliphatic carbocycles. The lowest BCUT2D eigenvalue weighted by Gasteiger charge is -2.40. The molecular formula is C74H53N3S2. The zero-order chi connectivity index (χ0) is 52.6. The van der Waals surface area contributed by atoms with Crippen LogP contribution in [-0.2, 0) is 5.41 Å². The van der Waals surface area contributed by atoms with E-state index in [2.05, 4.69) is 250 Å². The Labute approximate surface area is 468 Å². The van der Waals surface area contributed by atoms with Crippen LogP contribution in [0.5, 0.6) is 0 Å². The molecule has 5 heteroatoms. The Morgan fingerprint density at radius 1 is 0.519 bits per heavy atom. The Morgan fingerprint density at radius 3 is 1.85 bits per heavy atom. The summed E-state index contributed by atoms with van der Waals surface area (Å²) in [6, 6.07) is 76.1. The molecule has 0 saturated carbocycles. The molecule has 4 aromatic heterocycles. The SMILES string of the molecule is CC1(C2=CC3c4cccc(-n5c6ccccc6c6ccccc65)c4SC3(C)C=C2)CC=C(c2ccc(-c3cccc4c3sc3c(C5(C)c6ccccc6-c6ccccc65)cccc34)c(-c3ccccn3)c2)C=C1c1ccccn1. The van der Waals surface area contributed by atoms with Gasteiger partial charge in [-0.25, -0.2) is 0 Å². The number of fused-ring (bicyclic) bond motifs is 12. The van der Waals surface area contributed by atoms with Crippen LogP contribution in [-0.4, -0.2) is 19.3 Å². The van der Waals surface area contributed by atoms with Gasteiger partial charge in [0.1, 0.15) is 0 Å². The number of nitrogens with zero attached hydrogens (tertiary/aromatic N) is 3. The lowest BCUT2D eigenvalue weighted by atomic mass is 9.65. The predicted octanol–water partition coefficient (Wildman–Crippen LogP) is 19.6. The molecule has 5 heterocycles. The van der Waals surface area contributed by atoms with E-state index in [4.69, 9.17) is 9.97 Å². The van der Waals surface area contributed by atoms with E-state index in [1.165, 1.54) is 114 Å². The van der Waals surface area contributed by atoms with E-state index >= 15 is 0 Å². The van der Waals surface area contributed by atoms with Crippen molar-refractivity contribution in [2.75, 3.05) is 0 Å². The molecule has 3 unspecified atom stereocenters. The number of thiophene rings is 1. The van der Waals surface area contributed by atoms with Gasteiger partial charge in [-0.3, -0.25) is 9.97 Å². The second-order valence-corrected chi connectivity index (χ2v) is 24.9. The Bertz CT molecular complexity index is 4570. The summed E-state index contributed by atoms with van der Waals surface area (Å²) in [7, 11) is 0. The van der Waals surface area contributed by atoms with Crippen molar-refractivity contribution in [3.05, 3.63) is 288 Å². The zero-order valence-electron chi connectivity index (χ0n) is 44.1. The van der Waals surface area contributed by atoms with Gasteiger partial charge in [0.15, 0.2) is 0 Å². The van der Waals surface area contributed by atoms with Gasteiger partial charge in [-0.15, -0.1) is 23.1 Å². The van der Waals surface area contributed by atoms with Gasteiger partial charge in [-0.05, 0) is 136 Å². The molecule has 0 spiro atoms. The number of hydrogen-bond acceptors (Lipinski definition) is 4. The first-order valence-electron chi connectivity index (χ1n) is 27.5. The number of hydrogen-bond donors (Lipinski definition) is 0. The maximum absolute atomic E-state index is 5.09. The molecule has 12 aromatic rings. The first-order valence-corrected chi connectivity index (χ1v) is 29.2. The van der Waals surface area contributed by atoms with Gasteiger partial charge in [0.25, 0.3) is 0 Å². The molecule has 79 heavy (non-hydrogen) atoms. The third kappa shape index (κ3) is 6.79. The van der Waals surface area contributed by atoms with E-state index in [1.54, 1.807) is 0 Å². The first-order chi connectivity index (χ1) is 38.8. The second kappa shape index (κ2) is 17.4. The first kappa shape index (κ1) is 46.5. The molecule has 0 bridgehead atoms.